The predicted octanol–water partition coefficient (Wildman–Crippen LogP) is 3.68. The predicted molar refractivity (Wildman–Crippen MR) is 64.8 cm³/mol. The van der Waals surface area contributed by atoms with E-state index < -0.39 is 0 Å². The van der Waals surface area contributed by atoms with E-state index in [1.807, 2.05) is 19.1 Å². The van der Waals surface area contributed by atoms with Crippen molar-refractivity contribution >= 4 is 39.1 Å². The van der Waals surface area contributed by atoms with E-state index in [0.717, 1.165) is 15.6 Å². The van der Waals surface area contributed by atoms with Gasteiger partial charge in [0.05, 0.1) is 7.11 Å². The fraction of sp³-hybridized carbons (Fsp3) is 0.182. The minimum Gasteiger partial charge on any atom is -0.466 e. The van der Waals surface area contributed by atoms with Crippen LogP contribution in [-0.2, 0) is 9.53 Å². The smallest absolute Gasteiger partial charge is 0.330 e. The van der Waals surface area contributed by atoms with Gasteiger partial charge in [-0.15, -0.1) is 0 Å². The van der Waals surface area contributed by atoms with Crippen LogP contribution in [0.15, 0.2) is 28.7 Å². The van der Waals surface area contributed by atoms with Crippen LogP contribution in [0.25, 0.3) is 5.57 Å². The number of carbonyl (C=O) groups is 1. The minimum absolute atomic E-state index is 0.383. The van der Waals surface area contributed by atoms with Gasteiger partial charge in [-0.2, -0.15) is 0 Å². The molecule has 0 aliphatic heterocycles. The van der Waals surface area contributed by atoms with Crippen LogP contribution < -0.4 is 0 Å². The lowest BCUT2D eigenvalue weighted by molar-refractivity contribution is -0.134. The first-order valence-corrected chi connectivity index (χ1v) is 5.43. The van der Waals surface area contributed by atoms with Crippen molar-refractivity contribution in [1.82, 2.24) is 0 Å². The lowest BCUT2D eigenvalue weighted by Crippen LogP contribution is -1.96. The Balaban J connectivity index is 3.06. The summed E-state index contributed by atoms with van der Waals surface area (Å²) in [5, 5.41) is 0.599. The largest absolute Gasteiger partial charge is 0.466 e. The first-order valence-electron chi connectivity index (χ1n) is 4.26. The van der Waals surface area contributed by atoms with Crippen LogP contribution in [0.3, 0.4) is 0 Å². The zero-order valence-corrected chi connectivity index (χ0v) is 10.7. The summed E-state index contributed by atoms with van der Waals surface area (Å²) >= 11 is 9.34. The Kier molecular flexibility index (Phi) is 4.36. The van der Waals surface area contributed by atoms with Crippen LogP contribution in [0.1, 0.15) is 12.5 Å². The van der Waals surface area contributed by atoms with E-state index in [-0.39, 0.29) is 5.97 Å². The molecule has 0 atom stereocenters. The van der Waals surface area contributed by atoms with Gasteiger partial charge in [-0.25, -0.2) is 4.79 Å². The molecule has 0 radical (unpaired) electrons. The van der Waals surface area contributed by atoms with Crippen LogP contribution in [0.2, 0.25) is 5.02 Å². The first kappa shape index (κ1) is 12.3. The van der Waals surface area contributed by atoms with Crippen LogP contribution in [-0.4, -0.2) is 13.1 Å². The highest BCUT2D eigenvalue weighted by Gasteiger charge is 2.04. The van der Waals surface area contributed by atoms with Gasteiger partial charge in [0.15, 0.2) is 0 Å². The first-order chi connectivity index (χ1) is 7.04. The topological polar surface area (TPSA) is 26.3 Å². The highest BCUT2D eigenvalue weighted by molar-refractivity contribution is 9.10. The van der Waals surface area contributed by atoms with E-state index in [0.29, 0.717) is 5.02 Å². The van der Waals surface area contributed by atoms with E-state index >= 15 is 0 Å². The average Bonchev–Trinajstić information content (AvgIpc) is 2.17. The van der Waals surface area contributed by atoms with Crippen molar-refractivity contribution in [2.45, 2.75) is 6.92 Å². The number of hydrogen-bond acceptors (Lipinski definition) is 2. The van der Waals surface area contributed by atoms with Gasteiger partial charge in [0, 0.05) is 15.6 Å². The summed E-state index contributed by atoms with van der Waals surface area (Å²) in [5.74, 6) is -0.383. The van der Waals surface area contributed by atoms with Gasteiger partial charge in [0.1, 0.15) is 0 Å². The fourth-order valence-electron chi connectivity index (χ4n) is 1.12. The van der Waals surface area contributed by atoms with E-state index in [4.69, 9.17) is 11.6 Å². The lowest BCUT2D eigenvalue weighted by atomic mass is 10.1. The number of carbonyl (C=O) groups excluding carboxylic acids is 1. The summed E-state index contributed by atoms with van der Waals surface area (Å²) in [4.78, 5) is 11.0. The molecule has 0 saturated carbocycles. The number of allylic oxidation sites excluding steroid dienone is 1. The standard InChI is InChI=1S/C11H10BrClO2/c1-7(5-11(14)15-2)9-4-3-8(12)6-10(9)13/h3-6H,1-2H3/b7-5-. The molecule has 0 unspecified atom stereocenters. The van der Waals surface area contributed by atoms with Crippen LogP contribution in [0, 0.1) is 0 Å². The van der Waals surface area contributed by atoms with Gasteiger partial charge in [0.2, 0.25) is 0 Å². The molecule has 0 aliphatic rings. The second-order valence-corrected chi connectivity index (χ2v) is 4.30. The van der Waals surface area contributed by atoms with Crippen molar-refractivity contribution in [2.24, 2.45) is 0 Å². The Morgan fingerprint density at radius 2 is 2.20 bits per heavy atom. The summed E-state index contributed by atoms with van der Waals surface area (Å²) < 4.78 is 5.44. The molecule has 0 aromatic heterocycles. The second kappa shape index (κ2) is 5.33. The van der Waals surface area contributed by atoms with E-state index in [1.54, 1.807) is 6.07 Å². The average molecular weight is 290 g/mol. The Morgan fingerprint density at radius 1 is 1.53 bits per heavy atom. The van der Waals surface area contributed by atoms with Crippen molar-refractivity contribution in [3.63, 3.8) is 0 Å². The maximum Gasteiger partial charge on any atom is 0.330 e. The van der Waals surface area contributed by atoms with E-state index in [9.17, 15) is 4.79 Å². The molecule has 15 heavy (non-hydrogen) atoms. The second-order valence-electron chi connectivity index (χ2n) is 2.97. The summed E-state index contributed by atoms with van der Waals surface area (Å²) in [6.45, 7) is 1.81. The molecule has 0 fully saturated rings. The molecule has 1 rings (SSSR count). The van der Waals surface area contributed by atoms with Crippen LogP contribution >= 0.6 is 27.5 Å². The number of rotatable bonds is 2. The van der Waals surface area contributed by atoms with E-state index in [2.05, 4.69) is 20.7 Å². The van der Waals surface area contributed by atoms with Crippen molar-refractivity contribution in [1.29, 1.82) is 0 Å². The maximum absolute atomic E-state index is 11.0. The van der Waals surface area contributed by atoms with Gasteiger partial charge >= 0.3 is 5.97 Å². The number of benzene rings is 1. The van der Waals surface area contributed by atoms with Crippen LogP contribution in [0.5, 0.6) is 0 Å². The van der Waals surface area contributed by atoms with Crippen LogP contribution in [0.4, 0.5) is 0 Å². The Bertz CT molecular complexity index is 413. The van der Waals surface area contributed by atoms with Gasteiger partial charge < -0.3 is 4.74 Å². The third-order valence-corrected chi connectivity index (χ3v) is 2.70. The van der Waals surface area contributed by atoms with Gasteiger partial charge in [-0.05, 0) is 30.2 Å². The number of ether oxygens (including phenoxy) is 1. The summed E-state index contributed by atoms with van der Waals surface area (Å²) in [5.41, 5.74) is 1.60. The summed E-state index contributed by atoms with van der Waals surface area (Å²) in [6.07, 6.45) is 1.41. The molecule has 0 heterocycles. The summed E-state index contributed by atoms with van der Waals surface area (Å²) in [7, 11) is 1.34. The molecule has 0 N–H and O–H groups in total. The quantitative estimate of drug-likeness (QED) is 0.613. The van der Waals surface area contributed by atoms with Gasteiger partial charge in [0.25, 0.3) is 0 Å². The van der Waals surface area contributed by atoms with E-state index in [1.165, 1.54) is 13.2 Å². The van der Waals surface area contributed by atoms with Crippen molar-refractivity contribution in [2.75, 3.05) is 7.11 Å². The zero-order valence-electron chi connectivity index (χ0n) is 8.38. The monoisotopic (exact) mass is 288 g/mol. The fourth-order valence-corrected chi connectivity index (χ4v) is 1.95. The molecule has 1 aromatic rings. The minimum atomic E-state index is -0.383. The number of hydrogen-bond donors (Lipinski definition) is 0. The third kappa shape index (κ3) is 3.36. The number of esters is 1. The molecule has 4 heteroatoms. The molecule has 0 saturated heterocycles. The normalized spacial score (nSPS) is 11.3. The zero-order chi connectivity index (χ0) is 11.4. The molecule has 80 valence electrons. The molecule has 0 aliphatic carbocycles. The lowest BCUT2D eigenvalue weighted by Gasteiger charge is -2.04. The van der Waals surface area contributed by atoms with Crippen molar-refractivity contribution < 1.29 is 9.53 Å². The molecule has 0 spiro atoms. The third-order valence-electron chi connectivity index (χ3n) is 1.89. The molecule has 2 nitrogen and oxygen atoms in total. The van der Waals surface area contributed by atoms with Crippen molar-refractivity contribution in [3.05, 3.63) is 39.3 Å². The number of methoxy groups -OCH3 is 1. The summed E-state index contributed by atoms with van der Waals surface area (Å²) in [6, 6.07) is 5.50. The maximum atomic E-state index is 11.0. The Hall–Kier alpha value is -0.800. The van der Waals surface area contributed by atoms with Gasteiger partial charge in [-0.3, -0.25) is 0 Å². The molecular weight excluding hydrogens is 279 g/mol. The highest BCUT2D eigenvalue weighted by atomic mass is 79.9. The Labute approximate surface area is 102 Å². The molecule has 1 aromatic carbocycles. The van der Waals surface area contributed by atoms with Crippen molar-refractivity contribution in [3.8, 4) is 0 Å². The molecule has 0 amide bonds. The van der Waals surface area contributed by atoms with Gasteiger partial charge in [-0.1, -0.05) is 33.6 Å². The number of halogens is 2. The SMILES string of the molecule is COC(=O)/C=C(/C)c1ccc(Br)cc1Cl. The molecular formula is C11H10BrClO2. The highest BCUT2D eigenvalue weighted by Crippen LogP contribution is 2.26. The Morgan fingerprint density at radius 3 is 2.73 bits per heavy atom. The molecule has 0 bridgehead atoms.